The van der Waals surface area contributed by atoms with Gasteiger partial charge in [-0.2, -0.15) is 0 Å². The number of carboxylic acid groups (broad SMARTS) is 1. The molecule has 4 saturated carbocycles. The summed E-state index contributed by atoms with van der Waals surface area (Å²) in [4.78, 5) is 12.3. The summed E-state index contributed by atoms with van der Waals surface area (Å²) in [5.74, 6) is 1.18. The molecule has 2 heterocycles. The summed E-state index contributed by atoms with van der Waals surface area (Å²) in [6.45, 7) is 11.4. The summed E-state index contributed by atoms with van der Waals surface area (Å²) in [5, 5.41) is 10.1. The first kappa shape index (κ1) is 30.4. The fourth-order valence-corrected chi connectivity index (χ4v) is 9.71. The van der Waals surface area contributed by atoms with Gasteiger partial charge in [-0.3, -0.25) is 0 Å². The van der Waals surface area contributed by atoms with E-state index in [-0.39, 0.29) is 11.0 Å². The van der Waals surface area contributed by atoms with Crippen molar-refractivity contribution in [3.8, 4) is 0 Å². The molecule has 6 fully saturated rings. The summed E-state index contributed by atoms with van der Waals surface area (Å²) in [6.07, 6.45) is 18.4. The molecule has 4 aliphatic carbocycles. The van der Waals surface area contributed by atoms with Crippen molar-refractivity contribution in [3.05, 3.63) is 11.3 Å². The Morgan fingerprint density at radius 2 is 1.35 bits per heavy atom. The van der Waals surface area contributed by atoms with E-state index in [0.717, 1.165) is 90.2 Å². The van der Waals surface area contributed by atoms with Crippen LogP contribution in [0.4, 0.5) is 0 Å². The third-order valence-electron chi connectivity index (χ3n) is 11.2. The van der Waals surface area contributed by atoms with Gasteiger partial charge in [0.15, 0.2) is 0 Å². The van der Waals surface area contributed by atoms with Gasteiger partial charge in [-0.25, -0.2) is 4.79 Å². The second-order valence-corrected chi connectivity index (χ2v) is 14.8. The number of carbonyl (C=O) groups is 1. The lowest BCUT2D eigenvalue weighted by Gasteiger charge is -2.62. The Balaban J connectivity index is 1.18. The van der Waals surface area contributed by atoms with E-state index in [9.17, 15) is 9.90 Å². The predicted octanol–water partition coefficient (Wildman–Crippen LogP) is 7.69. The van der Waals surface area contributed by atoms with E-state index in [1.54, 1.807) is 6.92 Å². The molecular formula is C34H56O6. The Bertz CT molecular complexity index is 886. The fourth-order valence-electron chi connectivity index (χ4n) is 9.71. The average molecular weight is 561 g/mol. The highest BCUT2D eigenvalue weighted by atomic mass is 16.5. The van der Waals surface area contributed by atoms with E-state index < -0.39 is 5.97 Å². The normalized spacial score (nSPS) is 33.7. The van der Waals surface area contributed by atoms with Gasteiger partial charge in [0.2, 0.25) is 0 Å². The quantitative estimate of drug-likeness (QED) is 0.105. The monoisotopic (exact) mass is 560 g/mol. The molecule has 40 heavy (non-hydrogen) atoms. The Labute approximate surface area is 242 Å². The number of unbranched alkanes of at least 4 members (excludes halogenated alkanes) is 2. The zero-order valence-corrected chi connectivity index (χ0v) is 25.7. The number of rotatable bonds is 18. The number of carboxylic acids is 1. The van der Waals surface area contributed by atoms with Crippen LogP contribution >= 0.6 is 0 Å². The molecule has 0 aromatic rings. The van der Waals surface area contributed by atoms with E-state index in [0.29, 0.717) is 34.8 Å². The zero-order chi connectivity index (χ0) is 28.3. The molecule has 228 valence electrons. The molecule has 0 aromatic carbocycles. The third kappa shape index (κ3) is 6.44. The van der Waals surface area contributed by atoms with Crippen molar-refractivity contribution in [2.24, 2.45) is 28.1 Å². The highest BCUT2D eigenvalue weighted by Crippen LogP contribution is 2.65. The van der Waals surface area contributed by atoms with Crippen LogP contribution in [0.2, 0.25) is 0 Å². The van der Waals surface area contributed by atoms with Gasteiger partial charge in [0, 0.05) is 22.9 Å². The molecule has 0 radical (unpaired) electrons. The number of aliphatic carboxylic acids is 1. The maximum Gasteiger partial charge on any atom is 0.334 e. The molecule has 4 bridgehead atoms. The molecule has 2 unspecified atom stereocenters. The van der Waals surface area contributed by atoms with E-state index in [2.05, 4.69) is 13.8 Å². The number of allylic oxidation sites excluding steroid dienone is 1. The Kier molecular flexibility index (Phi) is 9.58. The zero-order valence-electron chi connectivity index (χ0n) is 25.7. The lowest BCUT2D eigenvalue weighted by atomic mass is 9.47. The molecule has 6 nitrogen and oxygen atoms in total. The summed E-state index contributed by atoms with van der Waals surface area (Å²) in [7, 11) is 0. The van der Waals surface area contributed by atoms with Crippen LogP contribution < -0.4 is 0 Å². The van der Waals surface area contributed by atoms with Crippen molar-refractivity contribution < 1.29 is 28.8 Å². The van der Waals surface area contributed by atoms with Crippen LogP contribution in [0.3, 0.4) is 0 Å². The molecule has 6 rings (SSSR count). The van der Waals surface area contributed by atoms with Gasteiger partial charge in [-0.15, -0.1) is 0 Å². The van der Waals surface area contributed by atoms with Crippen LogP contribution in [0.25, 0.3) is 0 Å². The van der Waals surface area contributed by atoms with Crippen molar-refractivity contribution in [2.75, 3.05) is 39.6 Å². The van der Waals surface area contributed by atoms with Crippen LogP contribution in [-0.2, 0) is 23.7 Å². The predicted molar refractivity (Wildman–Crippen MR) is 156 cm³/mol. The molecule has 6 aliphatic rings. The van der Waals surface area contributed by atoms with Gasteiger partial charge < -0.3 is 24.1 Å². The lowest BCUT2D eigenvalue weighted by Crippen LogP contribution is -2.58. The number of hydrogen-bond donors (Lipinski definition) is 1. The standard InChI is InChI=1S/C34H56O6/c1-4-10-31(22-37-23-31)12-6-8-14-39-29(26(3)30(35)36)33-17-27-16-28(18-33)20-34(19-27,21-33)40-15-9-7-13-32(11-5-2)24-38-25-32/h27-28H,4-25H2,1-3H3,(H,35,36). The van der Waals surface area contributed by atoms with Crippen molar-refractivity contribution in [1.82, 2.24) is 0 Å². The molecule has 2 saturated heterocycles. The summed E-state index contributed by atoms with van der Waals surface area (Å²) in [6, 6.07) is 0. The molecule has 0 aromatic heterocycles. The minimum atomic E-state index is -0.838. The first-order valence-corrected chi connectivity index (χ1v) is 16.6. The number of ether oxygens (including phenoxy) is 4. The van der Waals surface area contributed by atoms with Crippen LogP contribution in [0.5, 0.6) is 0 Å². The smallest absolute Gasteiger partial charge is 0.334 e. The van der Waals surface area contributed by atoms with Gasteiger partial charge in [0.1, 0.15) is 5.76 Å². The molecule has 0 spiro atoms. The molecule has 2 aliphatic heterocycles. The van der Waals surface area contributed by atoms with Crippen molar-refractivity contribution in [1.29, 1.82) is 0 Å². The molecule has 6 heteroatoms. The maximum absolute atomic E-state index is 12.3. The highest BCUT2D eigenvalue weighted by molar-refractivity contribution is 5.86. The average Bonchev–Trinajstić information content (AvgIpc) is 2.86. The van der Waals surface area contributed by atoms with Crippen LogP contribution in [0, 0.1) is 28.1 Å². The van der Waals surface area contributed by atoms with Crippen molar-refractivity contribution in [2.45, 2.75) is 129 Å². The maximum atomic E-state index is 12.3. The second kappa shape index (κ2) is 12.6. The first-order chi connectivity index (χ1) is 19.3. The molecule has 0 amide bonds. The van der Waals surface area contributed by atoms with Gasteiger partial charge in [0.05, 0.1) is 44.2 Å². The van der Waals surface area contributed by atoms with Crippen molar-refractivity contribution >= 4 is 5.97 Å². The van der Waals surface area contributed by atoms with E-state index in [1.165, 1.54) is 51.4 Å². The SMILES string of the molecule is CCCC1(CCCCOC(=C(C)C(=O)O)C23CC4CC(CC(OCCCCC5(CCC)COC5)(C4)C2)C3)COC1. The Morgan fingerprint density at radius 1 is 0.800 bits per heavy atom. The molecular weight excluding hydrogens is 504 g/mol. The van der Waals surface area contributed by atoms with Crippen LogP contribution in [0.15, 0.2) is 11.3 Å². The van der Waals surface area contributed by atoms with Gasteiger partial charge in [0.25, 0.3) is 0 Å². The molecule has 2 atom stereocenters. The fraction of sp³-hybridized carbons (Fsp3) is 0.912. The topological polar surface area (TPSA) is 74.2 Å². The number of hydrogen-bond acceptors (Lipinski definition) is 5. The highest BCUT2D eigenvalue weighted by Gasteiger charge is 2.60. The third-order valence-corrected chi connectivity index (χ3v) is 11.2. The van der Waals surface area contributed by atoms with E-state index >= 15 is 0 Å². The Morgan fingerprint density at radius 3 is 1.82 bits per heavy atom. The van der Waals surface area contributed by atoms with Crippen molar-refractivity contribution in [3.63, 3.8) is 0 Å². The summed E-state index contributed by atoms with van der Waals surface area (Å²) in [5.41, 5.74) is 0.931. The Hall–Kier alpha value is -1.11. The first-order valence-electron chi connectivity index (χ1n) is 16.6. The van der Waals surface area contributed by atoms with E-state index in [1.807, 2.05) is 0 Å². The van der Waals surface area contributed by atoms with Gasteiger partial charge in [-0.05, 0) is 102 Å². The van der Waals surface area contributed by atoms with Crippen LogP contribution in [0.1, 0.15) is 124 Å². The van der Waals surface area contributed by atoms with Crippen LogP contribution in [-0.4, -0.2) is 56.3 Å². The largest absolute Gasteiger partial charge is 0.497 e. The van der Waals surface area contributed by atoms with E-state index in [4.69, 9.17) is 18.9 Å². The second-order valence-electron chi connectivity index (χ2n) is 14.8. The minimum absolute atomic E-state index is 0.102. The summed E-state index contributed by atoms with van der Waals surface area (Å²) >= 11 is 0. The van der Waals surface area contributed by atoms with Gasteiger partial charge in [-0.1, -0.05) is 33.1 Å². The molecule has 1 N–H and O–H groups in total. The van der Waals surface area contributed by atoms with Gasteiger partial charge >= 0.3 is 5.97 Å². The minimum Gasteiger partial charge on any atom is -0.497 e. The lowest BCUT2D eigenvalue weighted by molar-refractivity contribution is -0.193. The summed E-state index contributed by atoms with van der Waals surface area (Å²) < 4.78 is 24.5.